The van der Waals surface area contributed by atoms with Crippen LogP contribution in [-0.4, -0.2) is 89.3 Å². The minimum Gasteiger partial charge on any atom is -0.389 e. The second kappa shape index (κ2) is 12.7. The molecule has 3 aromatic heterocycles. The van der Waals surface area contributed by atoms with Gasteiger partial charge in [-0.2, -0.15) is 10.2 Å². The molecule has 2 aliphatic rings. The van der Waals surface area contributed by atoms with Gasteiger partial charge in [0.2, 0.25) is 5.95 Å². The quantitative estimate of drug-likeness (QED) is 0.318. The lowest BCUT2D eigenvalue weighted by atomic mass is 9.85. The van der Waals surface area contributed by atoms with Gasteiger partial charge in [-0.25, -0.2) is 9.97 Å². The van der Waals surface area contributed by atoms with E-state index in [1.54, 1.807) is 0 Å². The summed E-state index contributed by atoms with van der Waals surface area (Å²) < 4.78 is 3.95. The van der Waals surface area contributed by atoms with E-state index in [0.29, 0.717) is 18.4 Å². The van der Waals surface area contributed by atoms with Crippen LogP contribution in [-0.2, 0) is 20.0 Å². The molecule has 10 heteroatoms. The molecule has 6 rings (SSSR count). The molecular formula is C32H45N9O. The average molecular weight is 572 g/mol. The summed E-state index contributed by atoms with van der Waals surface area (Å²) in [5, 5.41) is 23.0. The first-order chi connectivity index (χ1) is 20.2. The van der Waals surface area contributed by atoms with Gasteiger partial charge in [-0.1, -0.05) is 51.1 Å². The number of β-amino-alcohol motifs (C(OH)–C–C–N with tert-alkyl or cyclic N) is 1. The molecule has 4 aromatic rings. The van der Waals surface area contributed by atoms with Crippen LogP contribution in [0.3, 0.4) is 0 Å². The normalized spacial score (nSPS) is 17.3. The van der Waals surface area contributed by atoms with Gasteiger partial charge in [0.15, 0.2) is 5.82 Å². The first-order valence-electron chi connectivity index (χ1n) is 15.2. The lowest BCUT2D eigenvalue weighted by Gasteiger charge is -2.37. The molecule has 1 aromatic carbocycles. The van der Waals surface area contributed by atoms with E-state index in [1.165, 1.54) is 0 Å². The van der Waals surface area contributed by atoms with E-state index in [1.807, 2.05) is 68.6 Å². The third-order valence-electron chi connectivity index (χ3n) is 7.85. The number of aryl methyl sites for hydroxylation is 1. The molecule has 1 saturated heterocycles. The molecule has 0 amide bonds. The maximum absolute atomic E-state index is 10.1. The molecule has 1 aliphatic carbocycles. The highest BCUT2D eigenvalue weighted by Gasteiger charge is 2.30. The van der Waals surface area contributed by atoms with Crippen molar-refractivity contribution in [3.8, 4) is 22.5 Å². The molecule has 4 heterocycles. The zero-order valence-electron chi connectivity index (χ0n) is 25.9. The highest BCUT2D eigenvalue weighted by Crippen LogP contribution is 2.43. The Kier molecular flexibility index (Phi) is 9.05. The number of hydrogen-bond acceptors (Lipinski definition) is 8. The van der Waals surface area contributed by atoms with Crippen LogP contribution in [0.4, 0.5) is 11.8 Å². The number of aliphatic hydroxyl groups is 1. The minimum absolute atomic E-state index is 0.297. The van der Waals surface area contributed by atoms with Crippen molar-refractivity contribution in [2.24, 2.45) is 7.05 Å². The lowest BCUT2D eigenvalue weighted by Crippen LogP contribution is -2.50. The highest BCUT2D eigenvalue weighted by atomic mass is 16.3. The van der Waals surface area contributed by atoms with Crippen LogP contribution in [0.25, 0.3) is 22.5 Å². The van der Waals surface area contributed by atoms with Crippen molar-refractivity contribution in [1.82, 2.24) is 39.3 Å². The number of hydrogen-bond donors (Lipinski definition) is 2. The van der Waals surface area contributed by atoms with E-state index in [4.69, 9.17) is 15.2 Å². The van der Waals surface area contributed by atoms with Crippen LogP contribution >= 0.6 is 0 Å². The number of piperazine rings is 1. The van der Waals surface area contributed by atoms with Gasteiger partial charge < -0.3 is 10.4 Å². The van der Waals surface area contributed by atoms with Crippen LogP contribution < -0.4 is 5.32 Å². The van der Waals surface area contributed by atoms with Gasteiger partial charge >= 0.3 is 0 Å². The maximum atomic E-state index is 10.1. The summed E-state index contributed by atoms with van der Waals surface area (Å²) in [6, 6.07) is 12.4. The highest BCUT2D eigenvalue weighted by molar-refractivity contribution is 5.84. The lowest BCUT2D eigenvalue weighted by molar-refractivity contribution is 0.0173. The third-order valence-corrected chi connectivity index (χ3v) is 7.85. The molecule has 2 N–H and O–H groups in total. The van der Waals surface area contributed by atoms with E-state index < -0.39 is 5.60 Å². The number of fused-ring (bicyclic) bond motifs is 3. The van der Waals surface area contributed by atoms with E-state index >= 15 is 0 Å². The predicted octanol–water partition coefficient (Wildman–Crippen LogP) is 4.56. The molecule has 1 atom stereocenters. The standard InChI is InChI=1S/C30H39N9O.C2H6/c1-21-18-24-26(28(36(4)34-24)22-8-6-5-7-9-22)27-23(21)19-31-29(33-27)32-25-10-11-39(35-25)17-16-37-12-14-38(15-13-37)20-30(2,3)40;1-2/h5-11,19,21,40H,12-18,20H2,1-4H3,(H,31,32,33,35);1-2H3/t21-;/m1./s1. The van der Waals surface area contributed by atoms with Crippen molar-refractivity contribution in [2.45, 2.75) is 59.1 Å². The molecule has 1 aliphatic heterocycles. The Morgan fingerprint density at radius 2 is 1.69 bits per heavy atom. The number of benzene rings is 1. The van der Waals surface area contributed by atoms with E-state index in [-0.39, 0.29) is 0 Å². The number of nitrogens with one attached hydrogen (secondary N) is 1. The van der Waals surface area contributed by atoms with Gasteiger partial charge in [0.05, 0.1) is 29.2 Å². The maximum Gasteiger partial charge on any atom is 0.228 e. The first kappa shape index (κ1) is 29.9. The molecule has 10 nitrogen and oxygen atoms in total. The summed E-state index contributed by atoms with van der Waals surface area (Å²) in [5.41, 5.74) is 5.84. The summed E-state index contributed by atoms with van der Waals surface area (Å²) in [5.74, 6) is 1.56. The smallest absolute Gasteiger partial charge is 0.228 e. The molecule has 0 bridgehead atoms. The van der Waals surface area contributed by atoms with Crippen LogP contribution in [0.2, 0.25) is 0 Å². The summed E-state index contributed by atoms with van der Waals surface area (Å²) in [6.07, 6.45) is 4.83. The molecule has 0 spiro atoms. The number of nitrogens with zero attached hydrogens (tertiary/aromatic N) is 8. The van der Waals surface area contributed by atoms with Crippen molar-refractivity contribution in [3.05, 3.63) is 60.0 Å². The Morgan fingerprint density at radius 3 is 2.40 bits per heavy atom. The summed E-state index contributed by atoms with van der Waals surface area (Å²) >= 11 is 0. The van der Waals surface area contributed by atoms with E-state index in [0.717, 1.165) is 85.3 Å². The van der Waals surface area contributed by atoms with Gasteiger partial charge in [0.1, 0.15) is 0 Å². The Balaban J connectivity index is 0.00000173. The number of anilines is 2. The van der Waals surface area contributed by atoms with Crippen molar-refractivity contribution in [2.75, 3.05) is 44.6 Å². The topological polar surface area (TPSA) is 100 Å². The molecular weight excluding hydrogens is 526 g/mol. The SMILES string of the molecule is CC.C[C@@H]1Cc2nn(C)c(-c3ccccc3)c2-c2nc(Nc3ccn(CCN4CCN(CC(C)(C)O)CC4)n3)ncc21. The molecule has 0 saturated carbocycles. The number of rotatable bonds is 8. The van der Waals surface area contributed by atoms with Gasteiger partial charge in [-0.15, -0.1) is 0 Å². The zero-order chi connectivity index (χ0) is 29.9. The first-order valence-corrected chi connectivity index (χ1v) is 15.2. The van der Waals surface area contributed by atoms with Gasteiger partial charge in [0.25, 0.3) is 0 Å². The Morgan fingerprint density at radius 1 is 0.976 bits per heavy atom. The second-order valence-electron chi connectivity index (χ2n) is 11.8. The average Bonchev–Trinajstić information content (AvgIpc) is 3.56. The predicted molar refractivity (Wildman–Crippen MR) is 168 cm³/mol. The molecule has 0 unspecified atom stereocenters. The van der Waals surface area contributed by atoms with E-state index in [2.05, 4.69) is 51.3 Å². The number of aromatic nitrogens is 6. The monoisotopic (exact) mass is 571 g/mol. The van der Waals surface area contributed by atoms with Crippen LogP contribution in [0.1, 0.15) is 51.8 Å². The minimum atomic E-state index is -0.648. The fourth-order valence-corrected chi connectivity index (χ4v) is 5.94. The fourth-order valence-electron chi connectivity index (χ4n) is 5.94. The zero-order valence-corrected chi connectivity index (χ0v) is 25.9. The van der Waals surface area contributed by atoms with E-state index in [9.17, 15) is 5.11 Å². The third kappa shape index (κ3) is 6.72. The van der Waals surface area contributed by atoms with Crippen LogP contribution in [0, 0.1) is 0 Å². The van der Waals surface area contributed by atoms with Crippen molar-refractivity contribution >= 4 is 11.8 Å². The largest absolute Gasteiger partial charge is 0.389 e. The molecule has 42 heavy (non-hydrogen) atoms. The van der Waals surface area contributed by atoms with Crippen molar-refractivity contribution in [3.63, 3.8) is 0 Å². The summed E-state index contributed by atoms with van der Waals surface area (Å²) in [4.78, 5) is 14.5. The van der Waals surface area contributed by atoms with Gasteiger partial charge in [0, 0.05) is 81.5 Å². The summed E-state index contributed by atoms with van der Waals surface area (Å²) in [6.45, 7) is 16.4. The summed E-state index contributed by atoms with van der Waals surface area (Å²) in [7, 11) is 2.01. The second-order valence-corrected chi connectivity index (χ2v) is 11.8. The molecule has 224 valence electrons. The van der Waals surface area contributed by atoms with Gasteiger partial charge in [-0.3, -0.25) is 19.2 Å². The van der Waals surface area contributed by atoms with Crippen LogP contribution in [0.15, 0.2) is 48.8 Å². The Bertz CT molecular complexity index is 1460. The fraction of sp³-hybridized carbons (Fsp3) is 0.500. The van der Waals surface area contributed by atoms with Crippen LogP contribution in [0.5, 0.6) is 0 Å². The Hall–Kier alpha value is -3.60. The van der Waals surface area contributed by atoms with Crippen molar-refractivity contribution < 1.29 is 5.11 Å². The van der Waals surface area contributed by atoms with Crippen molar-refractivity contribution in [1.29, 1.82) is 0 Å². The molecule has 0 radical (unpaired) electrons. The Labute approximate surface area is 249 Å². The van der Waals surface area contributed by atoms with Gasteiger partial charge in [-0.05, 0) is 26.2 Å². The molecule has 1 fully saturated rings.